The van der Waals surface area contributed by atoms with E-state index in [2.05, 4.69) is 62.3 Å². The van der Waals surface area contributed by atoms with Crippen molar-refractivity contribution in [1.82, 2.24) is 0 Å². The summed E-state index contributed by atoms with van der Waals surface area (Å²) in [5, 5.41) is 0. The molecule has 134 heavy (non-hydrogen) atoms. The third kappa shape index (κ3) is 42.9. The fraction of sp³-hybridized carbons (Fsp3) is 1.00. The van der Waals surface area contributed by atoms with Gasteiger partial charge in [0.25, 0.3) is 0 Å². The normalized spacial score (nSPS) is 24.9. The fourth-order valence-electron chi connectivity index (χ4n) is 11.3. The third-order valence-electron chi connectivity index (χ3n) is 27.3. The molecule has 0 amide bonds. The second kappa shape index (κ2) is 53.7. The highest BCUT2D eigenvalue weighted by Crippen LogP contribution is 2.45. The first kappa shape index (κ1) is 131. The minimum absolute atomic E-state index is 0.120. The second-order valence-electron chi connectivity index (χ2n) is 47.4. The predicted molar refractivity (Wildman–Crippen MR) is 542 cm³/mol. The average molecular weight is 1920 g/mol. The Kier molecular flexibility index (Phi) is 52.7. The Morgan fingerprint density at radius 3 is 0.716 bits per heavy atom. The first-order valence-corrected chi connectivity index (χ1v) is 50.0. The Balaban J connectivity index is 0.000000745. The molecule has 784 valence electrons. The number of hydrogen-bond acceptors (Lipinski definition) is 30. The smallest absolute Gasteiger partial charge is 0.389 e. The lowest BCUT2D eigenvalue weighted by Crippen LogP contribution is -2.42. The molecule has 0 aromatic rings. The van der Waals surface area contributed by atoms with Crippen molar-refractivity contribution in [3.63, 3.8) is 0 Å². The van der Waals surface area contributed by atoms with Crippen molar-refractivity contribution in [2.75, 3.05) is 60.0 Å². The van der Waals surface area contributed by atoms with Gasteiger partial charge in [-0.3, -0.25) is 0 Å². The van der Waals surface area contributed by atoms with Crippen molar-refractivity contribution in [1.29, 1.82) is 0 Å². The van der Waals surface area contributed by atoms with Gasteiger partial charge in [0.05, 0.1) is 101 Å². The van der Waals surface area contributed by atoms with Gasteiger partial charge in [-0.25, -0.2) is 0 Å². The van der Waals surface area contributed by atoms with Gasteiger partial charge in [0.1, 0.15) is 0 Å². The van der Waals surface area contributed by atoms with Gasteiger partial charge in [0.2, 0.25) is 0 Å². The largest absolute Gasteiger partial charge is 0.640 e. The molecule has 30 nitrogen and oxygen atoms in total. The lowest BCUT2D eigenvalue weighted by molar-refractivity contribution is -0.0191. The van der Waals surface area contributed by atoms with Crippen molar-refractivity contribution in [2.45, 2.75) is 543 Å². The second-order valence-corrected chi connectivity index (χ2v) is 47.4. The van der Waals surface area contributed by atoms with E-state index in [1.807, 2.05) is 298 Å². The van der Waals surface area contributed by atoms with Gasteiger partial charge in [-0.05, 0) is 336 Å². The molecule has 1 atom stereocenters. The summed E-state index contributed by atoms with van der Waals surface area (Å²) >= 11 is 0. The van der Waals surface area contributed by atoms with Crippen molar-refractivity contribution < 1.29 is 140 Å². The monoisotopic (exact) mass is 1920 g/mol. The summed E-state index contributed by atoms with van der Waals surface area (Å²) in [6.07, 6.45) is 11.4. The molecule has 0 N–H and O–H groups in total. The lowest BCUT2D eigenvalue weighted by atomic mass is 9.90. The molecule has 10 aliphatic heterocycles. The minimum atomic E-state index is -0.556. The summed E-state index contributed by atoms with van der Waals surface area (Å²) in [5.41, 5.74) is -5.41. The molecule has 10 rings (SSSR count). The molecule has 10 heterocycles. The van der Waals surface area contributed by atoms with Gasteiger partial charge in [-0.2, -0.15) is 0 Å². The van der Waals surface area contributed by atoms with E-state index >= 15 is 0 Å². The van der Waals surface area contributed by atoms with Crippen molar-refractivity contribution >= 4 is 73.2 Å². The molecule has 10 saturated heterocycles. The predicted octanol–water partition coefficient (Wildman–Crippen LogP) is 21.3. The molecule has 0 aliphatic carbocycles. The van der Waals surface area contributed by atoms with Gasteiger partial charge >= 0.3 is 73.2 Å². The van der Waals surface area contributed by atoms with Crippen LogP contribution in [0, 0.1) is 11.3 Å². The molecule has 0 aromatic heterocycles. The molecule has 0 saturated carbocycles. The Hall–Kier alpha value is -0.551. The minimum Gasteiger partial charge on any atom is -0.389 e. The van der Waals surface area contributed by atoms with Crippen molar-refractivity contribution in [3.8, 4) is 0 Å². The van der Waals surface area contributed by atoms with E-state index in [1.165, 1.54) is 25.7 Å². The molecule has 0 aromatic carbocycles. The van der Waals surface area contributed by atoms with E-state index in [0.29, 0.717) is 52.2 Å². The first-order valence-electron chi connectivity index (χ1n) is 50.0. The van der Waals surface area contributed by atoms with Gasteiger partial charge in [-0.15, -0.1) is 0 Å². The molecule has 0 bridgehead atoms. The Morgan fingerprint density at radius 1 is 0.254 bits per heavy atom. The van der Waals surface area contributed by atoms with Crippen LogP contribution in [0.25, 0.3) is 0 Å². The zero-order valence-corrected chi connectivity index (χ0v) is 95.5. The fourth-order valence-corrected chi connectivity index (χ4v) is 11.3. The number of unbranched alkanes of at least 4 members (excludes halogenated alkanes) is 5. The van der Waals surface area contributed by atoms with Crippen LogP contribution in [0.1, 0.15) is 424 Å². The molecular formula is C94H198B10O30. The van der Waals surface area contributed by atoms with Crippen LogP contribution < -0.4 is 0 Å². The Bertz CT molecular complexity index is 3090. The zero-order valence-electron chi connectivity index (χ0n) is 95.5. The summed E-state index contributed by atoms with van der Waals surface area (Å²) in [7, 11) is -3.46. The molecule has 10 aliphatic rings. The average Bonchev–Trinajstić information content (AvgIpc) is 1.42. The van der Waals surface area contributed by atoms with E-state index in [1.54, 1.807) is 7.11 Å². The topological polar surface area (TPSA) is 277 Å². The summed E-state index contributed by atoms with van der Waals surface area (Å²) in [5.74, 6) is 0.494. The molecular weight excluding hydrogens is 1720 g/mol. The number of hydrogen-bond donors (Lipinski definition) is 0. The molecule has 40 heteroatoms. The third-order valence-corrected chi connectivity index (χ3v) is 27.3. The quantitative estimate of drug-likeness (QED) is 0.0497. The summed E-state index contributed by atoms with van der Waals surface area (Å²) in [6.45, 7) is 111. The zero-order chi connectivity index (χ0) is 104. The van der Waals surface area contributed by atoms with Crippen LogP contribution in [0.4, 0.5) is 0 Å². The highest BCUT2D eigenvalue weighted by Gasteiger charge is 2.61. The maximum absolute atomic E-state index is 5.70. The van der Waals surface area contributed by atoms with Crippen LogP contribution in [-0.4, -0.2) is 252 Å². The molecule has 0 spiro atoms. The van der Waals surface area contributed by atoms with Crippen LogP contribution in [0.2, 0.25) is 0 Å². The standard InChI is InChI=1S/C11H23BO3.5C10H21BO3.2C9H19BO3.C8H17BO3.C7H15BO3/c1-6-7-8-9-13-12-14-10(2,3)11(4,5)15-12;1-8(2)7-12-11-13-9(3,4)10(5,6)14-11;1-8(2,3)12-11-13-9(4,5)10(6,7)14-11;1-7-8(2)12-11-13-9(3,4)10(5,6)14-11;1-6-7-8-12-11-13-9(2,3)10(4,5)14-11;1-4-5-6-7-12-11-13-8-10(2,3)9-14-11;1-7(2)11-10-12-8(3,4)9(5,6)13-10;1-6-7-11-10-12-8(2,3)9(4,5)13-10;1-6-10-9-11-7(2,3)8(4,5)12-9;1-6(2)7(3,4)11-8(9-5)10-6/h6-9H2,1-5H3;8H,7H2,1-6H3;1-7H3;8H,7H2,1-6H3;6-8H2,1-5H3;4-9H2,1-3H3;7H,1-6H3;6-7H2,1-5H3;6H2,1-5H3;1-5H3. The first-order chi connectivity index (χ1) is 60.4. The van der Waals surface area contributed by atoms with E-state index in [-0.39, 0.29) is 124 Å². The Labute approximate surface area is 822 Å². The summed E-state index contributed by atoms with van der Waals surface area (Å²) in [6, 6.07) is 0. The van der Waals surface area contributed by atoms with E-state index < -0.39 is 73.2 Å². The van der Waals surface area contributed by atoms with Crippen molar-refractivity contribution in [3.05, 3.63) is 0 Å². The van der Waals surface area contributed by atoms with Crippen LogP contribution in [0.3, 0.4) is 0 Å². The molecule has 10 fully saturated rings. The van der Waals surface area contributed by atoms with Crippen LogP contribution in [-0.2, 0) is 140 Å². The van der Waals surface area contributed by atoms with E-state index in [0.717, 1.165) is 45.1 Å². The van der Waals surface area contributed by atoms with Gasteiger partial charge in [0, 0.05) is 83.2 Å². The van der Waals surface area contributed by atoms with Crippen LogP contribution >= 0.6 is 0 Å². The van der Waals surface area contributed by atoms with Crippen molar-refractivity contribution in [2.24, 2.45) is 11.3 Å². The highest BCUT2D eigenvalue weighted by molar-refractivity contribution is 6.40. The highest BCUT2D eigenvalue weighted by atomic mass is 16.8. The molecule has 0 radical (unpaired) electrons. The summed E-state index contributed by atoms with van der Waals surface area (Å²) in [4.78, 5) is 0. The van der Waals surface area contributed by atoms with E-state index in [9.17, 15) is 0 Å². The summed E-state index contributed by atoms with van der Waals surface area (Å²) < 4.78 is 166. The van der Waals surface area contributed by atoms with Crippen LogP contribution in [0.15, 0.2) is 0 Å². The SMILES string of the molecule is CC(C)(C)OB1OC(C)(C)C(C)(C)O1.CC(C)COB1OC(C)(C)C(C)(C)O1.CC(C)OB1OC(C)(C)C(C)(C)O1.CCC(C)OB1OC(C)(C)C(C)(C)O1.CCCCCOB1OC(C)(C)C(C)(C)O1.CCCCCOB1OCC(C)(C)CO1.CCCCOB1OC(C)(C)C(C)(C)O1.CCCOB1OC(C)(C)C(C)(C)O1.CCOB1OC(C)(C)C(C)(C)O1.COB1OC(C)(C)C(C)(C)O1. The van der Waals surface area contributed by atoms with Gasteiger partial charge < -0.3 is 140 Å². The van der Waals surface area contributed by atoms with Gasteiger partial charge in [0.15, 0.2) is 0 Å². The van der Waals surface area contributed by atoms with Crippen LogP contribution in [0.5, 0.6) is 0 Å². The lowest BCUT2D eigenvalue weighted by Gasteiger charge is -2.32. The molecule has 1 unspecified atom stereocenters. The maximum Gasteiger partial charge on any atom is 0.640 e. The van der Waals surface area contributed by atoms with Gasteiger partial charge in [-0.1, -0.05) is 94.4 Å². The Morgan fingerprint density at radius 2 is 0.485 bits per heavy atom. The maximum atomic E-state index is 5.70. The number of rotatable bonds is 29. The van der Waals surface area contributed by atoms with E-state index in [4.69, 9.17) is 140 Å².